The van der Waals surface area contributed by atoms with E-state index in [4.69, 9.17) is 9.52 Å². The number of carboxylic acids is 1. The number of benzene rings is 1. The molecule has 0 radical (unpaired) electrons. The molecule has 0 bridgehead atoms. The summed E-state index contributed by atoms with van der Waals surface area (Å²) in [5.74, 6) is 0.551. The van der Waals surface area contributed by atoms with E-state index < -0.39 is 5.97 Å². The van der Waals surface area contributed by atoms with Crippen molar-refractivity contribution in [1.29, 1.82) is 0 Å². The molecule has 2 N–H and O–H groups in total. The molecular weight excluding hydrogens is 244 g/mol. The Hall–Kier alpha value is -2.14. The van der Waals surface area contributed by atoms with E-state index in [1.807, 2.05) is 19.9 Å². The fraction of sp³-hybridized carbons (Fsp3) is 0.286. The molecule has 0 saturated heterocycles. The summed E-state index contributed by atoms with van der Waals surface area (Å²) in [7, 11) is 0. The van der Waals surface area contributed by atoms with Gasteiger partial charge in [0.1, 0.15) is 5.76 Å². The van der Waals surface area contributed by atoms with Gasteiger partial charge in [-0.25, -0.2) is 9.78 Å². The third kappa shape index (κ3) is 3.42. The predicted molar refractivity (Wildman–Crippen MR) is 69.9 cm³/mol. The molecule has 0 unspecified atom stereocenters. The maximum atomic E-state index is 10.8. The molecule has 2 rings (SSSR count). The fourth-order valence-electron chi connectivity index (χ4n) is 1.74. The maximum absolute atomic E-state index is 10.8. The highest BCUT2D eigenvalue weighted by molar-refractivity contribution is 5.87. The number of nitrogens with one attached hydrogen (secondary N) is 1. The largest absolute Gasteiger partial charge is 0.478 e. The molecule has 1 heterocycles. The van der Waals surface area contributed by atoms with Crippen molar-refractivity contribution in [2.24, 2.45) is 0 Å². The van der Waals surface area contributed by atoms with Crippen LogP contribution in [0.2, 0.25) is 0 Å². The predicted octanol–water partition coefficient (Wildman–Crippen LogP) is 2.28. The first-order chi connectivity index (χ1) is 9.06. The quantitative estimate of drug-likeness (QED) is 0.862. The van der Waals surface area contributed by atoms with E-state index in [9.17, 15) is 4.79 Å². The maximum Gasteiger partial charge on any atom is 0.335 e. The molecule has 19 heavy (non-hydrogen) atoms. The Labute approximate surface area is 111 Å². The molecule has 0 saturated carbocycles. The van der Waals surface area contributed by atoms with Crippen LogP contribution in [0.4, 0.5) is 0 Å². The number of nitrogens with zero attached hydrogens (tertiary/aromatic N) is 1. The van der Waals surface area contributed by atoms with E-state index in [-0.39, 0.29) is 0 Å². The van der Waals surface area contributed by atoms with E-state index in [2.05, 4.69) is 10.3 Å². The SMILES string of the molecule is Cc1nc(CNCc2cccc(C(=O)O)c2)oc1C. The average molecular weight is 260 g/mol. The second kappa shape index (κ2) is 5.67. The number of hydrogen-bond acceptors (Lipinski definition) is 4. The minimum Gasteiger partial charge on any atom is -0.478 e. The van der Waals surface area contributed by atoms with Crippen molar-refractivity contribution in [1.82, 2.24) is 10.3 Å². The first-order valence-corrected chi connectivity index (χ1v) is 6.02. The van der Waals surface area contributed by atoms with Crippen LogP contribution in [-0.4, -0.2) is 16.1 Å². The Morgan fingerprint density at radius 1 is 1.37 bits per heavy atom. The minimum absolute atomic E-state index is 0.294. The van der Waals surface area contributed by atoms with Gasteiger partial charge in [0.15, 0.2) is 0 Å². The summed E-state index contributed by atoms with van der Waals surface area (Å²) in [6.45, 7) is 4.87. The molecule has 1 aromatic heterocycles. The Bertz CT molecular complexity index is 571. The van der Waals surface area contributed by atoms with E-state index in [1.165, 1.54) is 0 Å². The molecule has 2 aromatic rings. The van der Waals surface area contributed by atoms with Gasteiger partial charge in [-0.3, -0.25) is 0 Å². The van der Waals surface area contributed by atoms with E-state index in [1.54, 1.807) is 18.2 Å². The Kier molecular flexibility index (Phi) is 3.97. The number of aromatic nitrogens is 1. The third-order valence-corrected chi connectivity index (χ3v) is 2.85. The molecule has 0 spiro atoms. The minimum atomic E-state index is -0.916. The van der Waals surface area contributed by atoms with Crippen LogP contribution in [0.25, 0.3) is 0 Å². The molecular formula is C14H16N2O3. The number of aryl methyl sites for hydroxylation is 2. The molecule has 0 fully saturated rings. The van der Waals surface area contributed by atoms with Gasteiger partial charge < -0.3 is 14.8 Å². The van der Waals surface area contributed by atoms with Crippen LogP contribution in [0.1, 0.15) is 33.3 Å². The highest BCUT2D eigenvalue weighted by Crippen LogP contribution is 2.09. The molecule has 0 aliphatic rings. The summed E-state index contributed by atoms with van der Waals surface area (Å²) in [5, 5.41) is 12.1. The van der Waals surface area contributed by atoms with Gasteiger partial charge in [-0.05, 0) is 31.5 Å². The summed E-state index contributed by atoms with van der Waals surface area (Å²) in [4.78, 5) is 15.1. The fourth-order valence-corrected chi connectivity index (χ4v) is 1.74. The summed E-state index contributed by atoms with van der Waals surface area (Å²) in [6, 6.07) is 6.85. The second-order valence-electron chi connectivity index (χ2n) is 4.36. The number of hydrogen-bond donors (Lipinski definition) is 2. The van der Waals surface area contributed by atoms with Gasteiger partial charge in [-0.1, -0.05) is 12.1 Å². The standard InChI is InChI=1S/C14H16N2O3/c1-9-10(2)19-13(16-9)8-15-7-11-4-3-5-12(6-11)14(17)18/h3-6,15H,7-8H2,1-2H3,(H,17,18). The molecule has 5 nitrogen and oxygen atoms in total. The molecule has 0 amide bonds. The van der Waals surface area contributed by atoms with E-state index >= 15 is 0 Å². The van der Waals surface area contributed by atoms with Crippen LogP contribution >= 0.6 is 0 Å². The number of carbonyl (C=O) groups is 1. The van der Waals surface area contributed by atoms with Crippen molar-refractivity contribution in [3.05, 3.63) is 52.7 Å². The zero-order valence-electron chi connectivity index (χ0n) is 10.9. The van der Waals surface area contributed by atoms with Gasteiger partial charge in [0.2, 0.25) is 5.89 Å². The van der Waals surface area contributed by atoms with Crippen LogP contribution in [0.15, 0.2) is 28.7 Å². The van der Waals surface area contributed by atoms with Crippen molar-refractivity contribution in [3.8, 4) is 0 Å². The van der Waals surface area contributed by atoms with Gasteiger partial charge in [-0.15, -0.1) is 0 Å². The van der Waals surface area contributed by atoms with Gasteiger partial charge >= 0.3 is 5.97 Å². The number of carboxylic acid groups (broad SMARTS) is 1. The lowest BCUT2D eigenvalue weighted by atomic mass is 10.1. The Morgan fingerprint density at radius 3 is 2.79 bits per heavy atom. The van der Waals surface area contributed by atoms with Crippen LogP contribution in [-0.2, 0) is 13.1 Å². The molecule has 0 aliphatic heterocycles. The van der Waals surface area contributed by atoms with Crippen LogP contribution < -0.4 is 5.32 Å². The summed E-state index contributed by atoms with van der Waals surface area (Å²) in [5.41, 5.74) is 2.10. The average Bonchev–Trinajstić information content (AvgIpc) is 2.69. The summed E-state index contributed by atoms with van der Waals surface area (Å²) < 4.78 is 5.45. The van der Waals surface area contributed by atoms with E-state index in [0.29, 0.717) is 24.5 Å². The lowest BCUT2D eigenvalue weighted by Gasteiger charge is -2.03. The first kappa shape index (κ1) is 13.3. The van der Waals surface area contributed by atoms with Crippen LogP contribution in [0.3, 0.4) is 0 Å². The zero-order valence-corrected chi connectivity index (χ0v) is 10.9. The lowest BCUT2D eigenvalue weighted by Crippen LogP contribution is -2.13. The third-order valence-electron chi connectivity index (χ3n) is 2.85. The number of oxazole rings is 1. The molecule has 1 aromatic carbocycles. The van der Waals surface area contributed by atoms with Crippen molar-refractivity contribution in [2.45, 2.75) is 26.9 Å². The van der Waals surface area contributed by atoms with Crippen molar-refractivity contribution in [2.75, 3.05) is 0 Å². The topological polar surface area (TPSA) is 75.4 Å². The van der Waals surface area contributed by atoms with Crippen molar-refractivity contribution >= 4 is 5.97 Å². The van der Waals surface area contributed by atoms with Gasteiger partial charge in [0.25, 0.3) is 0 Å². The van der Waals surface area contributed by atoms with Gasteiger partial charge in [-0.2, -0.15) is 0 Å². The van der Waals surface area contributed by atoms with Crippen molar-refractivity contribution in [3.63, 3.8) is 0 Å². The van der Waals surface area contributed by atoms with E-state index in [0.717, 1.165) is 17.0 Å². The molecule has 100 valence electrons. The normalized spacial score (nSPS) is 10.6. The van der Waals surface area contributed by atoms with Gasteiger partial charge in [0, 0.05) is 6.54 Å². The van der Waals surface area contributed by atoms with Crippen molar-refractivity contribution < 1.29 is 14.3 Å². The first-order valence-electron chi connectivity index (χ1n) is 6.02. The summed E-state index contributed by atoms with van der Waals surface area (Å²) in [6.07, 6.45) is 0. The molecule has 0 atom stereocenters. The Balaban J connectivity index is 1.92. The lowest BCUT2D eigenvalue weighted by molar-refractivity contribution is 0.0696. The highest BCUT2D eigenvalue weighted by Gasteiger charge is 2.06. The van der Waals surface area contributed by atoms with Gasteiger partial charge in [0.05, 0.1) is 17.8 Å². The smallest absolute Gasteiger partial charge is 0.335 e. The highest BCUT2D eigenvalue weighted by atomic mass is 16.4. The monoisotopic (exact) mass is 260 g/mol. The summed E-state index contributed by atoms with van der Waals surface area (Å²) >= 11 is 0. The molecule has 0 aliphatic carbocycles. The zero-order chi connectivity index (χ0) is 13.8. The van der Waals surface area contributed by atoms with Crippen LogP contribution in [0, 0.1) is 13.8 Å². The number of rotatable bonds is 5. The van der Waals surface area contributed by atoms with Crippen LogP contribution in [0.5, 0.6) is 0 Å². The molecule has 5 heteroatoms. The number of aromatic carboxylic acids is 1. The Morgan fingerprint density at radius 2 is 2.16 bits per heavy atom. The second-order valence-corrected chi connectivity index (χ2v) is 4.36.